The van der Waals surface area contributed by atoms with Crippen molar-refractivity contribution in [3.8, 4) is 0 Å². The SMILES string of the molecule is CC(NC(=O)N1CCC(CO)CC1)(C(=O)O)C1CC1. The lowest BCUT2D eigenvalue weighted by atomic mass is 9.95. The minimum Gasteiger partial charge on any atom is -0.480 e. The molecule has 19 heavy (non-hydrogen) atoms. The first-order valence-electron chi connectivity index (χ1n) is 6.88. The van der Waals surface area contributed by atoms with E-state index < -0.39 is 11.5 Å². The number of likely N-dealkylation sites (tertiary alicyclic amines) is 1. The molecular formula is C13H22N2O4. The Bertz CT molecular complexity index is 362. The van der Waals surface area contributed by atoms with Gasteiger partial charge in [-0.3, -0.25) is 0 Å². The number of piperidine rings is 1. The predicted octanol–water partition coefficient (Wildman–Crippen LogP) is 0.654. The molecule has 1 saturated carbocycles. The molecule has 0 aromatic heterocycles. The maximum atomic E-state index is 12.1. The van der Waals surface area contributed by atoms with E-state index in [-0.39, 0.29) is 24.5 Å². The molecule has 0 bridgehead atoms. The number of amides is 2. The Morgan fingerprint density at radius 1 is 1.26 bits per heavy atom. The first kappa shape index (κ1) is 14.1. The number of nitrogens with one attached hydrogen (secondary N) is 1. The summed E-state index contributed by atoms with van der Waals surface area (Å²) in [6.45, 7) is 2.91. The molecule has 1 atom stereocenters. The van der Waals surface area contributed by atoms with Crippen molar-refractivity contribution in [3.63, 3.8) is 0 Å². The van der Waals surface area contributed by atoms with Crippen molar-refractivity contribution >= 4 is 12.0 Å². The van der Waals surface area contributed by atoms with Crippen LogP contribution in [0.25, 0.3) is 0 Å². The van der Waals surface area contributed by atoms with E-state index in [9.17, 15) is 14.7 Å². The van der Waals surface area contributed by atoms with Crippen LogP contribution in [0.1, 0.15) is 32.6 Å². The largest absolute Gasteiger partial charge is 0.480 e. The number of urea groups is 1. The lowest BCUT2D eigenvalue weighted by molar-refractivity contribution is -0.144. The Hall–Kier alpha value is -1.30. The highest BCUT2D eigenvalue weighted by Gasteiger charge is 2.49. The second kappa shape index (κ2) is 5.36. The van der Waals surface area contributed by atoms with Crippen molar-refractivity contribution in [1.29, 1.82) is 0 Å². The Labute approximate surface area is 112 Å². The van der Waals surface area contributed by atoms with Crippen molar-refractivity contribution in [3.05, 3.63) is 0 Å². The zero-order chi connectivity index (χ0) is 14.0. The number of hydrogen-bond donors (Lipinski definition) is 3. The molecule has 6 nitrogen and oxygen atoms in total. The third-order valence-corrected chi connectivity index (χ3v) is 4.36. The highest BCUT2D eigenvalue weighted by molar-refractivity contribution is 5.86. The number of carboxylic acids is 1. The van der Waals surface area contributed by atoms with Crippen LogP contribution in [-0.4, -0.2) is 52.3 Å². The molecule has 1 aliphatic heterocycles. The average molecular weight is 270 g/mol. The first-order valence-corrected chi connectivity index (χ1v) is 6.88. The van der Waals surface area contributed by atoms with E-state index >= 15 is 0 Å². The van der Waals surface area contributed by atoms with Crippen LogP contribution in [0.15, 0.2) is 0 Å². The summed E-state index contributed by atoms with van der Waals surface area (Å²) in [5.74, 6) is -0.657. The van der Waals surface area contributed by atoms with Crippen molar-refractivity contribution in [1.82, 2.24) is 10.2 Å². The lowest BCUT2D eigenvalue weighted by Gasteiger charge is -2.34. The number of carbonyl (C=O) groups is 2. The molecular weight excluding hydrogens is 248 g/mol. The van der Waals surface area contributed by atoms with Crippen LogP contribution in [0.3, 0.4) is 0 Å². The highest BCUT2D eigenvalue weighted by Crippen LogP contribution is 2.39. The van der Waals surface area contributed by atoms with Crippen LogP contribution in [0.5, 0.6) is 0 Å². The molecule has 0 aromatic rings. The van der Waals surface area contributed by atoms with E-state index in [1.165, 1.54) is 0 Å². The summed E-state index contributed by atoms with van der Waals surface area (Å²) < 4.78 is 0. The summed E-state index contributed by atoms with van der Waals surface area (Å²) >= 11 is 0. The van der Waals surface area contributed by atoms with Crippen LogP contribution in [0.2, 0.25) is 0 Å². The van der Waals surface area contributed by atoms with Crippen LogP contribution < -0.4 is 5.32 Å². The van der Waals surface area contributed by atoms with Crippen molar-refractivity contribution in [2.45, 2.75) is 38.1 Å². The smallest absolute Gasteiger partial charge is 0.329 e. The second-order valence-electron chi connectivity index (χ2n) is 5.82. The summed E-state index contributed by atoms with van der Waals surface area (Å²) in [5.41, 5.74) is -1.15. The Morgan fingerprint density at radius 3 is 2.26 bits per heavy atom. The Balaban J connectivity index is 1.91. The van der Waals surface area contributed by atoms with Gasteiger partial charge < -0.3 is 20.4 Å². The molecule has 2 aliphatic rings. The molecule has 1 unspecified atom stereocenters. The zero-order valence-corrected chi connectivity index (χ0v) is 11.3. The van der Waals surface area contributed by atoms with Gasteiger partial charge in [-0.15, -0.1) is 0 Å². The number of carbonyl (C=O) groups excluding carboxylic acids is 1. The summed E-state index contributed by atoms with van der Waals surface area (Å²) in [5, 5.41) is 21.0. The van der Waals surface area contributed by atoms with E-state index in [2.05, 4.69) is 5.32 Å². The Morgan fingerprint density at radius 2 is 1.84 bits per heavy atom. The van der Waals surface area contributed by atoms with Gasteiger partial charge in [0.15, 0.2) is 0 Å². The van der Waals surface area contributed by atoms with Crippen LogP contribution in [-0.2, 0) is 4.79 Å². The maximum absolute atomic E-state index is 12.1. The molecule has 6 heteroatoms. The third-order valence-electron chi connectivity index (χ3n) is 4.36. The van der Waals surface area contributed by atoms with Gasteiger partial charge in [-0.25, -0.2) is 9.59 Å². The van der Waals surface area contributed by atoms with Gasteiger partial charge in [-0.2, -0.15) is 0 Å². The van der Waals surface area contributed by atoms with Crippen LogP contribution in [0.4, 0.5) is 4.79 Å². The molecule has 2 amide bonds. The van der Waals surface area contributed by atoms with E-state index in [0.717, 1.165) is 25.7 Å². The molecule has 2 fully saturated rings. The fourth-order valence-corrected chi connectivity index (χ4v) is 2.61. The normalized spacial score (nSPS) is 23.8. The minimum absolute atomic E-state index is 0.0453. The van der Waals surface area contributed by atoms with Crippen LogP contribution in [0, 0.1) is 11.8 Å². The first-order chi connectivity index (χ1) is 8.97. The van der Waals surface area contributed by atoms with Crippen molar-refractivity contribution in [2.24, 2.45) is 11.8 Å². The van der Waals surface area contributed by atoms with Gasteiger partial charge in [0.1, 0.15) is 5.54 Å². The van der Waals surface area contributed by atoms with E-state index in [1.807, 2.05) is 0 Å². The molecule has 0 radical (unpaired) electrons. The highest BCUT2D eigenvalue weighted by atomic mass is 16.4. The van der Waals surface area contributed by atoms with Crippen molar-refractivity contribution < 1.29 is 19.8 Å². The number of rotatable bonds is 4. The van der Waals surface area contributed by atoms with E-state index in [1.54, 1.807) is 11.8 Å². The topological polar surface area (TPSA) is 89.9 Å². The summed E-state index contributed by atoms with van der Waals surface area (Å²) in [6, 6.07) is -0.298. The third kappa shape index (κ3) is 3.00. The second-order valence-corrected chi connectivity index (χ2v) is 5.82. The standard InChI is InChI=1S/C13H22N2O4/c1-13(11(17)18,10-2-3-10)14-12(19)15-6-4-9(8-16)5-7-15/h9-10,16H,2-8H2,1H3,(H,14,19)(H,17,18). The van der Waals surface area contributed by atoms with Gasteiger partial charge in [0.25, 0.3) is 0 Å². The molecule has 1 aliphatic carbocycles. The van der Waals surface area contributed by atoms with E-state index in [0.29, 0.717) is 13.1 Å². The van der Waals surface area contributed by atoms with Gasteiger partial charge >= 0.3 is 12.0 Å². The van der Waals surface area contributed by atoms with Gasteiger partial charge in [-0.1, -0.05) is 0 Å². The maximum Gasteiger partial charge on any atom is 0.329 e. The summed E-state index contributed by atoms with van der Waals surface area (Å²) in [4.78, 5) is 25.1. The lowest BCUT2D eigenvalue weighted by Crippen LogP contribution is -2.58. The Kier molecular flexibility index (Phi) is 3.99. The molecule has 0 aromatic carbocycles. The predicted molar refractivity (Wildman–Crippen MR) is 68.7 cm³/mol. The number of aliphatic hydroxyl groups is 1. The molecule has 0 spiro atoms. The number of aliphatic hydroxyl groups excluding tert-OH is 1. The van der Waals surface area contributed by atoms with E-state index in [4.69, 9.17) is 5.11 Å². The summed E-state index contributed by atoms with van der Waals surface area (Å²) in [6.07, 6.45) is 3.26. The number of nitrogens with zero attached hydrogens (tertiary/aromatic N) is 1. The molecule has 2 rings (SSSR count). The molecule has 3 N–H and O–H groups in total. The van der Waals surface area contributed by atoms with Gasteiger partial charge in [0.2, 0.25) is 0 Å². The average Bonchev–Trinajstić information content (AvgIpc) is 3.23. The molecule has 1 heterocycles. The van der Waals surface area contributed by atoms with Gasteiger partial charge in [0.05, 0.1) is 0 Å². The van der Waals surface area contributed by atoms with Crippen molar-refractivity contribution in [2.75, 3.05) is 19.7 Å². The fourth-order valence-electron chi connectivity index (χ4n) is 2.61. The molecule has 108 valence electrons. The fraction of sp³-hybridized carbons (Fsp3) is 0.846. The minimum atomic E-state index is -1.15. The van der Waals surface area contributed by atoms with Gasteiger partial charge in [-0.05, 0) is 44.4 Å². The monoisotopic (exact) mass is 270 g/mol. The number of aliphatic carboxylic acids is 1. The van der Waals surface area contributed by atoms with Crippen LogP contribution >= 0.6 is 0 Å². The van der Waals surface area contributed by atoms with Gasteiger partial charge in [0, 0.05) is 19.7 Å². The summed E-state index contributed by atoms with van der Waals surface area (Å²) in [7, 11) is 0. The number of hydrogen-bond acceptors (Lipinski definition) is 3. The molecule has 1 saturated heterocycles. The quantitative estimate of drug-likeness (QED) is 0.700. The number of carboxylic acid groups (broad SMARTS) is 1. The zero-order valence-electron chi connectivity index (χ0n) is 11.3.